The van der Waals surface area contributed by atoms with Crippen molar-refractivity contribution >= 4 is 17.9 Å². The van der Waals surface area contributed by atoms with Crippen molar-refractivity contribution in [2.24, 2.45) is 0 Å². The smallest absolute Gasteiger partial charge is 0.362 e. The fourth-order valence-electron chi connectivity index (χ4n) is 7.43. The molecule has 1 N–H and O–H groups in total. The predicted molar refractivity (Wildman–Crippen MR) is 266 cm³/mol. The van der Waals surface area contributed by atoms with E-state index in [0.717, 1.165) is 77.0 Å². The highest BCUT2D eigenvalue weighted by atomic mass is 16.6. The van der Waals surface area contributed by atoms with Crippen molar-refractivity contribution < 1.29 is 38.2 Å². The molecule has 0 aromatic carbocycles. The van der Waals surface area contributed by atoms with E-state index in [1.54, 1.807) is 0 Å². The second-order valence-electron chi connectivity index (χ2n) is 18.4. The fourth-order valence-corrected chi connectivity index (χ4v) is 7.43. The van der Waals surface area contributed by atoms with Gasteiger partial charge in [0.25, 0.3) is 0 Å². The Balaban J connectivity index is 4.25. The maximum atomic E-state index is 12.8. The SMILES string of the molecule is CC/C=C\C/C=C\C/C=C\C/C=C\CCCCCCCCCCCCC(=O)OC(COCCC(C(=O)O)[N+](C)(C)C)COC(=O)CCCCCCC/C=C\CCCCCCCCC. The summed E-state index contributed by atoms with van der Waals surface area (Å²) in [7, 11) is 5.53. The third-order valence-corrected chi connectivity index (χ3v) is 11.4. The van der Waals surface area contributed by atoms with Crippen LogP contribution in [0, 0.1) is 0 Å². The topological polar surface area (TPSA) is 99.1 Å². The van der Waals surface area contributed by atoms with E-state index in [9.17, 15) is 19.5 Å². The molecule has 0 fully saturated rings. The number of carbonyl (C=O) groups is 3. The van der Waals surface area contributed by atoms with Gasteiger partial charge in [-0.25, -0.2) is 4.79 Å². The van der Waals surface area contributed by atoms with Crippen molar-refractivity contribution in [3.63, 3.8) is 0 Å². The van der Waals surface area contributed by atoms with Gasteiger partial charge in [-0.1, -0.05) is 184 Å². The van der Waals surface area contributed by atoms with Gasteiger partial charge in [0, 0.05) is 19.3 Å². The molecule has 0 spiro atoms. The molecule has 63 heavy (non-hydrogen) atoms. The van der Waals surface area contributed by atoms with Crippen LogP contribution in [0.25, 0.3) is 0 Å². The molecule has 2 unspecified atom stereocenters. The van der Waals surface area contributed by atoms with Crippen molar-refractivity contribution in [3.8, 4) is 0 Å². The van der Waals surface area contributed by atoms with Crippen LogP contribution in [0.5, 0.6) is 0 Å². The molecule has 0 aliphatic carbocycles. The Bertz CT molecular complexity index is 1210. The first-order valence-electron chi connectivity index (χ1n) is 25.8. The van der Waals surface area contributed by atoms with E-state index in [1.807, 2.05) is 21.1 Å². The molecular formula is C55H98NO7+. The number of nitrogens with zero attached hydrogens (tertiary/aromatic N) is 1. The zero-order valence-electron chi connectivity index (χ0n) is 41.5. The van der Waals surface area contributed by atoms with Crippen molar-refractivity contribution in [3.05, 3.63) is 60.8 Å². The lowest BCUT2D eigenvalue weighted by Crippen LogP contribution is -2.50. The van der Waals surface area contributed by atoms with Gasteiger partial charge in [-0.15, -0.1) is 0 Å². The summed E-state index contributed by atoms with van der Waals surface area (Å²) in [6.07, 6.45) is 56.9. The number of ether oxygens (including phenoxy) is 3. The Morgan fingerprint density at radius 2 is 0.889 bits per heavy atom. The summed E-state index contributed by atoms with van der Waals surface area (Å²) in [5.74, 6) is -1.48. The molecule has 0 radical (unpaired) electrons. The molecule has 0 aromatic rings. The maximum absolute atomic E-state index is 12.8. The van der Waals surface area contributed by atoms with E-state index in [-0.39, 0.29) is 36.2 Å². The Labute approximate surface area is 388 Å². The lowest BCUT2D eigenvalue weighted by molar-refractivity contribution is -0.887. The van der Waals surface area contributed by atoms with E-state index >= 15 is 0 Å². The number of hydrogen-bond acceptors (Lipinski definition) is 6. The minimum atomic E-state index is -0.877. The zero-order chi connectivity index (χ0) is 46.3. The minimum Gasteiger partial charge on any atom is -0.477 e. The van der Waals surface area contributed by atoms with Gasteiger partial charge in [0.15, 0.2) is 12.1 Å². The van der Waals surface area contributed by atoms with Crippen LogP contribution in [-0.4, -0.2) is 80.6 Å². The molecule has 0 aliphatic heterocycles. The van der Waals surface area contributed by atoms with E-state index in [0.29, 0.717) is 19.3 Å². The summed E-state index contributed by atoms with van der Waals surface area (Å²) in [5.41, 5.74) is 0. The molecule has 0 aromatic heterocycles. The van der Waals surface area contributed by atoms with Crippen molar-refractivity contribution in [2.45, 2.75) is 231 Å². The molecule has 2 atom stereocenters. The Morgan fingerprint density at radius 1 is 0.492 bits per heavy atom. The van der Waals surface area contributed by atoms with E-state index in [4.69, 9.17) is 14.2 Å². The van der Waals surface area contributed by atoms with Crippen LogP contribution in [0.3, 0.4) is 0 Å². The quantitative estimate of drug-likeness (QED) is 0.0281. The number of rotatable bonds is 46. The number of carbonyl (C=O) groups excluding carboxylic acids is 2. The summed E-state index contributed by atoms with van der Waals surface area (Å²) < 4.78 is 17.3. The number of carboxylic acids is 1. The van der Waals surface area contributed by atoms with Crippen LogP contribution in [-0.2, 0) is 28.6 Å². The van der Waals surface area contributed by atoms with Gasteiger partial charge in [0.2, 0.25) is 0 Å². The minimum absolute atomic E-state index is 0.0560. The first-order chi connectivity index (χ1) is 30.6. The largest absolute Gasteiger partial charge is 0.477 e. The third-order valence-electron chi connectivity index (χ3n) is 11.4. The molecule has 0 rings (SSSR count). The van der Waals surface area contributed by atoms with Crippen LogP contribution < -0.4 is 0 Å². The number of carboxylic acid groups (broad SMARTS) is 1. The average molecular weight is 885 g/mol. The van der Waals surface area contributed by atoms with E-state index in [1.165, 1.54) is 109 Å². The highest BCUT2D eigenvalue weighted by Gasteiger charge is 2.31. The summed E-state index contributed by atoms with van der Waals surface area (Å²) in [5, 5.41) is 9.65. The number of quaternary nitrogens is 1. The highest BCUT2D eigenvalue weighted by Crippen LogP contribution is 2.15. The molecule has 0 amide bonds. The van der Waals surface area contributed by atoms with E-state index < -0.39 is 18.1 Å². The standard InChI is InChI=1S/C55H97NO7/c1-6-8-10-12-14-16-18-20-22-24-25-26-27-28-29-30-32-34-36-38-40-42-44-46-54(58)63-51(49-61-48-47-52(55(59)60)56(3,4)5)50-62-53(57)45-43-41-39-37-35-33-31-23-21-19-17-15-13-11-9-7-2/h8,10,14,16,20,22-23,25-26,31,51-52H,6-7,9,11-13,15,17-19,21,24,27-30,32-50H2,1-5H3/p+1/b10-8-,16-14-,22-20-,26-25-,31-23-. The molecule has 0 bridgehead atoms. The number of esters is 2. The normalized spacial score (nSPS) is 13.3. The first-order valence-corrected chi connectivity index (χ1v) is 25.8. The molecule has 0 heterocycles. The van der Waals surface area contributed by atoms with Crippen molar-refractivity contribution in [1.29, 1.82) is 0 Å². The number of likely N-dealkylation sites (N-methyl/N-ethyl adjacent to an activating group) is 1. The Hall–Kier alpha value is -2.97. The average Bonchev–Trinajstić information content (AvgIpc) is 3.24. The molecule has 0 saturated heterocycles. The predicted octanol–water partition coefficient (Wildman–Crippen LogP) is 14.9. The van der Waals surface area contributed by atoms with Crippen LogP contribution in [0.2, 0.25) is 0 Å². The number of unbranched alkanes of at least 4 members (excludes halogenated alkanes) is 22. The van der Waals surface area contributed by atoms with Gasteiger partial charge >= 0.3 is 17.9 Å². The van der Waals surface area contributed by atoms with Gasteiger partial charge < -0.3 is 23.8 Å². The maximum Gasteiger partial charge on any atom is 0.362 e. The van der Waals surface area contributed by atoms with Crippen molar-refractivity contribution in [1.82, 2.24) is 0 Å². The number of allylic oxidation sites excluding steroid dienone is 10. The zero-order valence-corrected chi connectivity index (χ0v) is 41.5. The molecule has 8 nitrogen and oxygen atoms in total. The second kappa shape index (κ2) is 45.6. The molecule has 0 saturated carbocycles. The summed E-state index contributed by atoms with van der Waals surface area (Å²) in [4.78, 5) is 37.2. The molecule has 0 aliphatic rings. The lowest BCUT2D eigenvalue weighted by Gasteiger charge is -2.31. The lowest BCUT2D eigenvalue weighted by atomic mass is 10.0. The van der Waals surface area contributed by atoms with Gasteiger partial charge in [-0.05, 0) is 77.0 Å². The monoisotopic (exact) mass is 885 g/mol. The number of aliphatic carboxylic acids is 1. The first kappa shape index (κ1) is 60.0. The summed E-state index contributed by atoms with van der Waals surface area (Å²) in [6, 6.07) is -0.618. The number of hydrogen-bond donors (Lipinski definition) is 1. The summed E-state index contributed by atoms with van der Waals surface area (Å²) in [6.45, 7) is 4.62. The van der Waals surface area contributed by atoms with Crippen LogP contribution in [0.1, 0.15) is 219 Å². The van der Waals surface area contributed by atoms with Crippen LogP contribution in [0.15, 0.2) is 60.8 Å². The molecular weight excluding hydrogens is 787 g/mol. The summed E-state index contributed by atoms with van der Waals surface area (Å²) >= 11 is 0. The van der Waals surface area contributed by atoms with Crippen molar-refractivity contribution in [2.75, 3.05) is 41.0 Å². The second-order valence-corrected chi connectivity index (χ2v) is 18.4. The Kier molecular flexibility index (Phi) is 43.4. The Morgan fingerprint density at radius 3 is 1.33 bits per heavy atom. The van der Waals surface area contributed by atoms with E-state index in [2.05, 4.69) is 74.6 Å². The van der Waals surface area contributed by atoms with Gasteiger partial charge in [0.1, 0.15) is 6.61 Å². The van der Waals surface area contributed by atoms with Gasteiger partial charge in [-0.2, -0.15) is 0 Å². The van der Waals surface area contributed by atoms with Gasteiger partial charge in [-0.3, -0.25) is 9.59 Å². The van der Waals surface area contributed by atoms with Gasteiger partial charge in [0.05, 0.1) is 34.4 Å². The van der Waals surface area contributed by atoms with Crippen LogP contribution >= 0.6 is 0 Å². The molecule has 8 heteroatoms. The fraction of sp³-hybridized carbons (Fsp3) is 0.764. The highest BCUT2D eigenvalue weighted by molar-refractivity contribution is 5.72. The van der Waals surface area contributed by atoms with Crippen LogP contribution in [0.4, 0.5) is 0 Å². The third kappa shape index (κ3) is 44.0. The molecule has 364 valence electrons.